The zero-order valence-corrected chi connectivity index (χ0v) is 14.8. The third-order valence-electron chi connectivity index (χ3n) is 5.99. The number of ether oxygens (including phenoxy) is 2. The van der Waals surface area contributed by atoms with Crippen molar-refractivity contribution in [3.8, 4) is 0 Å². The zero-order chi connectivity index (χ0) is 16.3. The molecule has 0 aliphatic carbocycles. The number of fused-ring (bicyclic) bond motifs is 5. The van der Waals surface area contributed by atoms with Crippen molar-refractivity contribution in [2.75, 3.05) is 0 Å². The monoisotopic (exact) mass is 320 g/mol. The number of esters is 1. The Balaban J connectivity index is 1.69. The molecule has 0 radical (unpaired) electrons. The molecule has 23 heavy (non-hydrogen) atoms. The van der Waals surface area contributed by atoms with Crippen LogP contribution < -0.4 is 0 Å². The Morgan fingerprint density at radius 2 is 1.52 bits per heavy atom. The first kappa shape index (κ1) is 17.0. The highest BCUT2D eigenvalue weighted by molar-refractivity contribution is 5.78. The Kier molecular flexibility index (Phi) is 5.45. The molecule has 0 spiro atoms. The quantitative estimate of drug-likeness (QED) is 0.330. The lowest BCUT2D eigenvalue weighted by atomic mass is 9.70. The van der Waals surface area contributed by atoms with Gasteiger partial charge in [0.1, 0.15) is 5.60 Å². The summed E-state index contributed by atoms with van der Waals surface area (Å²) in [5.41, 5.74) is -0.257. The standard InChI is InChI=1S/C20H32O3/c1-3-5-7-9-13-20(14-10-8-6-4-2)18-16-12-11-15(22-16)17(18)19(21)23-20/h11-12,15-18H,3-10,13-14H2,1-2H3/t15-,16+,17-,18+/m1/s1. The van der Waals surface area contributed by atoms with E-state index < -0.39 is 0 Å². The van der Waals surface area contributed by atoms with E-state index in [0.29, 0.717) is 0 Å². The predicted molar refractivity (Wildman–Crippen MR) is 91.1 cm³/mol. The van der Waals surface area contributed by atoms with Crippen LogP contribution in [0.4, 0.5) is 0 Å². The van der Waals surface area contributed by atoms with Gasteiger partial charge in [0.05, 0.1) is 18.1 Å². The lowest BCUT2D eigenvalue weighted by Crippen LogP contribution is -2.41. The average Bonchev–Trinajstić information content (AvgIpc) is 3.22. The van der Waals surface area contributed by atoms with E-state index in [-0.39, 0.29) is 35.6 Å². The lowest BCUT2D eigenvalue weighted by Gasteiger charge is -2.35. The summed E-state index contributed by atoms with van der Waals surface area (Å²) < 4.78 is 12.1. The van der Waals surface area contributed by atoms with Gasteiger partial charge in [-0.25, -0.2) is 0 Å². The molecule has 2 fully saturated rings. The second kappa shape index (κ2) is 7.38. The van der Waals surface area contributed by atoms with Crippen LogP contribution in [0.1, 0.15) is 78.1 Å². The Labute approximate surface area is 140 Å². The third-order valence-corrected chi connectivity index (χ3v) is 5.99. The fourth-order valence-corrected chi connectivity index (χ4v) is 4.81. The molecule has 0 amide bonds. The summed E-state index contributed by atoms with van der Waals surface area (Å²) in [4.78, 5) is 12.5. The number of hydrogen-bond acceptors (Lipinski definition) is 3. The summed E-state index contributed by atoms with van der Waals surface area (Å²) in [6.07, 6.45) is 16.2. The molecule has 0 saturated carbocycles. The molecule has 0 aromatic rings. The number of unbranched alkanes of at least 4 members (excludes halogenated alkanes) is 6. The van der Waals surface area contributed by atoms with Crippen LogP contribution in [0.3, 0.4) is 0 Å². The molecule has 0 N–H and O–H groups in total. The van der Waals surface area contributed by atoms with Crippen LogP contribution in [0.2, 0.25) is 0 Å². The maximum Gasteiger partial charge on any atom is 0.313 e. The molecular formula is C20H32O3. The molecule has 0 aromatic heterocycles. The maximum absolute atomic E-state index is 12.5. The maximum atomic E-state index is 12.5. The second-order valence-electron chi connectivity index (χ2n) is 7.61. The molecule has 2 saturated heterocycles. The minimum Gasteiger partial charge on any atom is -0.458 e. The van der Waals surface area contributed by atoms with Gasteiger partial charge in [-0.3, -0.25) is 4.79 Å². The zero-order valence-electron chi connectivity index (χ0n) is 14.8. The Bertz CT molecular complexity index is 430. The molecule has 130 valence electrons. The van der Waals surface area contributed by atoms with Gasteiger partial charge in [0.2, 0.25) is 0 Å². The van der Waals surface area contributed by atoms with Crippen molar-refractivity contribution in [2.45, 2.75) is 95.9 Å². The van der Waals surface area contributed by atoms with Crippen LogP contribution >= 0.6 is 0 Å². The van der Waals surface area contributed by atoms with Crippen LogP contribution in [0.15, 0.2) is 12.2 Å². The number of carbonyl (C=O) groups is 1. The van der Waals surface area contributed by atoms with Crippen molar-refractivity contribution in [1.29, 1.82) is 0 Å². The molecule has 3 rings (SSSR count). The Hall–Kier alpha value is -0.830. The van der Waals surface area contributed by atoms with Crippen molar-refractivity contribution < 1.29 is 14.3 Å². The predicted octanol–water partition coefficient (Wildman–Crippen LogP) is 4.79. The molecule has 3 aliphatic rings. The minimum absolute atomic E-state index is 0.00201. The van der Waals surface area contributed by atoms with E-state index in [4.69, 9.17) is 9.47 Å². The van der Waals surface area contributed by atoms with E-state index >= 15 is 0 Å². The molecule has 3 heterocycles. The molecule has 2 bridgehead atoms. The number of carbonyl (C=O) groups excluding carboxylic acids is 1. The summed E-state index contributed by atoms with van der Waals surface area (Å²) in [6, 6.07) is 0. The van der Waals surface area contributed by atoms with Crippen LogP contribution in [0, 0.1) is 11.8 Å². The van der Waals surface area contributed by atoms with Crippen molar-refractivity contribution >= 4 is 5.97 Å². The third kappa shape index (κ3) is 3.22. The fourth-order valence-electron chi connectivity index (χ4n) is 4.81. The van der Waals surface area contributed by atoms with E-state index in [1.165, 1.54) is 51.4 Å². The van der Waals surface area contributed by atoms with Gasteiger partial charge in [0, 0.05) is 5.92 Å². The van der Waals surface area contributed by atoms with Gasteiger partial charge >= 0.3 is 5.97 Å². The summed E-state index contributed by atoms with van der Waals surface area (Å²) >= 11 is 0. The SMILES string of the molecule is CCCCCCC1(CCCCCC)OC(=O)[C@H]2[C@@H]1[C@@H]1C=C[C@H]2O1. The van der Waals surface area contributed by atoms with E-state index in [1.807, 2.05) is 0 Å². The fraction of sp³-hybridized carbons (Fsp3) is 0.850. The van der Waals surface area contributed by atoms with E-state index in [2.05, 4.69) is 26.0 Å². The second-order valence-corrected chi connectivity index (χ2v) is 7.61. The Morgan fingerprint density at radius 3 is 2.13 bits per heavy atom. The topological polar surface area (TPSA) is 35.5 Å². The van der Waals surface area contributed by atoms with Gasteiger partial charge in [-0.15, -0.1) is 0 Å². The average molecular weight is 320 g/mol. The Morgan fingerprint density at radius 1 is 0.913 bits per heavy atom. The molecule has 4 atom stereocenters. The molecule has 3 aliphatic heterocycles. The van der Waals surface area contributed by atoms with Gasteiger partial charge < -0.3 is 9.47 Å². The highest BCUT2D eigenvalue weighted by atomic mass is 16.6. The number of rotatable bonds is 10. The van der Waals surface area contributed by atoms with Crippen molar-refractivity contribution in [3.63, 3.8) is 0 Å². The summed E-state index contributed by atoms with van der Waals surface area (Å²) in [6.45, 7) is 4.47. The molecule has 0 aromatic carbocycles. The van der Waals surface area contributed by atoms with Crippen molar-refractivity contribution in [1.82, 2.24) is 0 Å². The van der Waals surface area contributed by atoms with Gasteiger partial charge in [-0.2, -0.15) is 0 Å². The number of cyclic esters (lactones) is 1. The van der Waals surface area contributed by atoms with Crippen LogP contribution in [0.25, 0.3) is 0 Å². The summed E-state index contributed by atoms with van der Waals surface area (Å²) in [7, 11) is 0. The van der Waals surface area contributed by atoms with Gasteiger partial charge in [-0.05, 0) is 25.7 Å². The van der Waals surface area contributed by atoms with E-state index in [1.54, 1.807) is 0 Å². The molecular weight excluding hydrogens is 288 g/mol. The van der Waals surface area contributed by atoms with Crippen LogP contribution in [-0.2, 0) is 14.3 Å². The summed E-state index contributed by atoms with van der Waals surface area (Å²) in [5.74, 6) is 0.216. The van der Waals surface area contributed by atoms with Gasteiger partial charge in [-0.1, -0.05) is 64.5 Å². The van der Waals surface area contributed by atoms with E-state index in [9.17, 15) is 4.79 Å². The minimum atomic E-state index is -0.257. The number of hydrogen-bond donors (Lipinski definition) is 0. The first-order chi connectivity index (χ1) is 11.2. The van der Waals surface area contributed by atoms with Crippen molar-refractivity contribution in [2.24, 2.45) is 11.8 Å². The molecule has 3 nitrogen and oxygen atoms in total. The normalized spacial score (nSPS) is 33.2. The largest absolute Gasteiger partial charge is 0.458 e. The lowest BCUT2D eigenvalue weighted by molar-refractivity contribution is -0.157. The van der Waals surface area contributed by atoms with Crippen LogP contribution in [-0.4, -0.2) is 23.8 Å². The van der Waals surface area contributed by atoms with Gasteiger partial charge in [0.25, 0.3) is 0 Å². The highest BCUT2D eigenvalue weighted by Gasteiger charge is 2.65. The smallest absolute Gasteiger partial charge is 0.313 e. The molecule has 3 heteroatoms. The summed E-state index contributed by atoms with van der Waals surface area (Å²) in [5, 5.41) is 0. The van der Waals surface area contributed by atoms with Gasteiger partial charge in [0.15, 0.2) is 0 Å². The van der Waals surface area contributed by atoms with E-state index in [0.717, 1.165) is 12.8 Å². The first-order valence-electron chi connectivity index (χ1n) is 9.78. The molecule has 0 unspecified atom stereocenters. The van der Waals surface area contributed by atoms with Crippen molar-refractivity contribution in [3.05, 3.63) is 12.2 Å². The highest BCUT2D eigenvalue weighted by Crippen LogP contribution is 2.54. The first-order valence-corrected chi connectivity index (χ1v) is 9.78. The van der Waals surface area contributed by atoms with Crippen LogP contribution in [0.5, 0.6) is 0 Å².